The molecular formula is C19H32FIN4. The first-order valence-electron chi connectivity index (χ1n) is 9.00. The van der Waals surface area contributed by atoms with Crippen LogP contribution in [-0.2, 0) is 5.41 Å². The maximum Gasteiger partial charge on any atom is 0.191 e. The Morgan fingerprint density at radius 2 is 1.88 bits per heavy atom. The quantitative estimate of drug-likeness (QED) is 0.354. The van der Waals surface area contributed by atoms with E-state index in [1.165, 1.54) is 0 Å². The summed E-state index contributed by atoms with van der Waals surface area (Å²) >= 11 is 0. The van der Waals surface area contributed by atoms with E-state index in [0.29, 0.717) is 12.6 Å². The molecule has 0 saturated heterocycles. The van der Waals surface area contributed by atoms with Crippen LogP contribution >= 0.6 is 24.0 Å². The van der Waals surface area contributed by atoms with Gasteiger partial charge in [-0.3, -0.25) is 9.89 Å². The van der Waals surface area contributed by atoms with E-state index < -0.39 is 0 Å². The Labute approximate surface area is 168 Å². The maximum atomic E-state index is 14.1. The van der Waals surface area contributed by atoms with Crippen LogP contribution in [0.4, 0.5) is 4.39 Å². The Kier molecular flexibility index (Phi) is 9.13. The molecular weight excluding hydrogens is 430 g/mol. The number of hydrogen-bond donors (Lipinski definition) is 2. The predicted octanol–water partition coefficient (Wildman–Crippen LogP) is 3.37. The third-order valence-electron chi connectivity index (χ3n) is 5.12. The zero-order valence-corrected chi connectivity index (χ0v) is 18.1. The smallest absolute Gasteiger partial charge is 0.191 e. The van der Waals surface area contributed by atoms with Gasteiger partial charge >= 0.3 is 0 Å². The largest absolute Gasteiger partial charge is 0.356 e. The highest BCUT2D eigenvalue weighted by Crippen LogP contribution is 2.48. The summed E-state index contributed by atoms with van der Waals surface area (Å²) in [6, 6.07) is 7.56. The molecule has 142 valence electrons. The lowest BCUT2D eigenvalue weighted by atomic mass is 9.95. The minimum absolute atomic E-state index is 0. The summed E-state index contributed by atoms with van der Waals surface area (Å²) in [6.45, 7) is 10.2. The van der Waals surface area contributed by atoms with Crippen LogP contribution in [0.15, 0.2) is 29.3 Å². The van der Waals surface area contributed by atoms with Gasteiger partial charge in [-0.1, -0.05) is 32.0 Å². The molecule has 0 amide bonds. The van der Waals surface area contributed by atoms with E-state index in [1.807, 2.05) is 12.1 Å². The highest BCUT2D eigenvalue weighted by atomic mass is 127. The molecule has 0 spiro atoms. The van der Waals surface area contributed by atoms with Gasteiger partial charge in [0.15, 0.2) is 5.96 Å². The van der Waals surface area contributed by atoms with E-state index in [-0.39, 0.29) is 35.2 Å². The summed E-state index contributed by atoms with van der Waals surface area (Å²) in [7, 11) is 1.78. The normalized spacial score (nSPS) is 17.0. The molecule has 0 heterocycles. The lowest BCUT2D eigenvalue weighted by Crippen LogP contribution is -2.47. The molecule has 1 aliphatic rings. The van der Waals surface area contributed by atoms with Crippen molar-refractivity contribution in [2.45, 2.75) is 45.1 Å². The monoisotopic (exact) mass is 462 g/mol. The zero-order valence-electron chi connectivity index (χ0n) is 15.8. The van der Waals surface area contributed by atoms with Crippen LogP contribution in [0, 0.1) is 5.82 Å². The van der Waals surface area contributed by atoms with Gasteiger partial charge in [0.05, 0.1) is 0 Å². The minimum atomic E-state index is -0.102. The summed E-state index contributed by atoms with van der Waals surface area (Å²) < 4.78 is 14.1. The summed E-state index contributed by atoms with van der Waals surface area (Å²) in [5.74, 6) is 0.687. The van der Waals surface area contributed by atoms with E-state index in [9.17, 15) is 4.39 Å². The molecule has 4 nitrogen and oxygen atoms in total. The summed E-state index contributed by atoms with van der Waals surface area (Å²) in [5.41, 5.74) is 0.748. The summed E-state index contributed by atoms with van der Waals surface area (Å²) in [6.07, 6.45) is 2.04. The van der Waals surface area contributed by atoms with E-state index in [4.69, 9.17) is 0 Å². The summed E-state index contributed by atoms with van der Waals surface area (Å²) in [4.78, 5) is 6.70. The van der Waals surface area contributed by atoms with Crippen molar-refractivity contribution in [1.82, 2.24) is 15.5 Å². The lowest BCUT2D eigenvalue weighted by molar-refractivity contribution is 0.231. The number of guanidine groups is 1. The lowest BCUT2D eigenvalue weighted by Gasteiger charge is -2.27. The van der Waals surface area contributed by atoms with E-state index in [0.717, 1.165) is 44.0 Å². The standard InChI is InChI=1S/C19H31FN4.HI/c1-5-24(6-2)15(3)13-22-18(21-4)23-14-19(11-12-19)16-9-7-8-10-17(16)20;/h7-10,15H,5-6,11-14H2,1-4H3,(H2,21,22,23);1H. The molecule has 6 heteroatoms. The van der Waals surface area contributed by atoms with E-state index in [1.54, 1.807) is 19.2 Å². The zero-order chi connectivity index (χ0) is 17.6. The second-order valence-electron chi connectivity index (χ2n) is 6.64. The van der Waals surface area contributed by atoms with Crippen molar-refractivity contribution in [3.63, 3.8) is 0 Å². The number of nitrogens with one attached hydrogen (secondary N) is 2. The van der Waals surface area contributed by atoms with Gasteiger partial charge in [-0.2, -0.15) is 0 Å². The second-order valence-corrected chi connectivity index (χ2v) is 6.64. The van der Waals surface area contributed by atoms with Gasteiger partial charge in [-0.15, -0.1) is 24.0 Å². The van der Waals surface area contributed by atoms with Gasteiger partial charge in [-0.25, -0.2) is 4.39 Å². The molecule has 1 atom stereocenters. The van der Waals surface area contributed by atoms with E-state index in [2.05, 4.69) is 41.3 Å². The molecule has 2 rings (SSSR count). The topological polar surface area (TPSA) is 39.7 Å². The first-order valence-corrected chi connectivity index (χ1v) is 9.00. The number of aliphatic imine (C=N–C) groups is 1. The van der Waals surface area contributed by atoms with Crippen molar-refractivity contribution in [2.24, 2.45) is 4.99 Å². The Hall–Kier alpha value is -0.890. The number of rotatable bonds is 8. The Morgan fingerprint density at radius 3 is 2.40 bits per heavy atom. The molecule has 2 N–H and O–H groups in total. The van der Waals surface area contributed by atoms with Crippen LogP contribution in [-0.4, -0.2) is 50.1 Å². The first kappa shape index (κ1) is 22.2. The molecule has 1 saturated carbocycles. The number of nitrogens with zero attached hydrogens (tertiary/aromatic N) is 2. The SMILES string of the molecule is CCN(CC)C(C)CNC(=NC)NCC1(c2ccccc2F)CC1.I. The number of benzene rings is 1. The van der Waals surface area contributed by atoms with Crippen LogP contribution in [0.5, 0.6) is 0 Å². The number of hydrogen-bond acceptors (Lipinski definition) is 2. The molecule has 0 aliphatic heterocycles. The van der Waals surface area contributed by atoms with Crippen molar-refractivity contribution in [3.8, 4) is 0 Å². The molecule has 1 aliphatic carbocycles. The Balaban J connectivity index is 0.00000312. The van der Waals surface area contributed by atoms with Gasteiger partial charge < -0.3 is 10.6 Å². The third-order valence-corrected chi connectivity index (χ3v) is 5.12. The van der Waals surface area contributed by atoms with Gasteiger partial charge in [0, 0.05) is 31.6 Å². The average molecular weight is 462 g/mol. The van der Waals surface area contributed by atoms with Gasteiger partial charge in [-0.05, 0) is 44.5 Å². The van der Waals surface area contributed by atoms with Crippen LogP contribution in [0.25, 0.3) is 0 Å². The van der Waals surface area contributed by atoms with Gasteiger partial charge in [0.25, 0.3) is 0 Å². The number of halogens is 2. The highest BCUT2D eigenvalue weighted by Gasteiger charge is 2.45. The third kappa shape index (κ3) is 5.81. The predicted molar refractivity (Wildman–Crippen MR) is 114 cm³/mol. The van der Waals surface area contributed by atoms with Crippen molar-refractivity contribution < 1.29 is 4.39 Å². The van der Waals surface area contributed by atoms with Crippen molar-refractivity contribution >= 4 is 29.9 Å². The van der Waals surface area contributed by atoms with Gasteiger partial charge in [0.1, 0.15) is 5.82 Å². The molecule has 1 aromatic carbocycles. The second kappa shape index (κ2) is 10.3. The Bertz CT molecular complexity index is 556. The average Bonchev–Trinajstić information content (AvgIpc) is 3.37. The minimum Gasteiger partial charge on any atom is -0.356 e. The van der Waals surface area contributed by atoms with Crippen LogP contribution < -0.4 is 10.6 Å². The highest BCUT2D eigenvalue weighted by molar-refractivity contribution is 14.0. The van der Waals surface area contributed by atoms with Crippen LogP contribution in [0.1, 0.15) is 39.2 Å². The molecule has 0 aromatic heterocycles. The molecule has 1 fully saturated rings. The maximum absolute atomic E-state index is 14.1. The fraction of sp³-hybridized carbons (Fsp3) is 0.632. The summed E-state index contributed by atoms with van der Waals surface area (Å²) in [5, 5.41) is 6.77. The Morgan fingerprint density at radius 1 is 1.24 bits per heavy atom. The molecule has 1 aromatic rings. The van der Waals surface area contributed by atoms with Gasteiger partial charge in [0.2, 0.25) is 0 Å². The van der Waals surface area contributed by atoms with E-state index >= 15 is 0 Å². The number of likely N-dealkylation sites (N-methyl/N-ethyl adjacent to an activating group) is 1. The van der Waals surface area contributed by atoms with Crippen molar-refractivity contribution in [2.75, 3.05) is 33.2 Å². The van der Waals surface area contributed by atoms with Crippen molar-refractivity contribution in [3.05, 3.63) is 35.6 Å². The first-order chi connectivity index (χ1) is 11.6. The van der Waals surface area contributed by atoms with Crippen LogP contribution in [0.3, 0.4) is 0 Å². The molecule has 25 heavy (non-hydrogen) atoms. The fourth-order valence-corrected chi connectivity index (χ4v) is 3.28. The molecule has 1 unspecified atom stereocenters. The molecule has 0 bridgehead atoms. The van der Waals surface area contributed by atoms with Crippen molar-refractivity contribution in [1.29, 1.82) is 0 Å². The fourth-order valence-electron chi connectivity index (χ4n) is 3.28. The van der Waals surface area contributed by atoms with Crippen LogP contribution in [0.2, 0.25) is 0 Å². The molecule has 0 radical (unpaired) electrons.